The Morgan fingerprint density at radius 2 is 2.12 bits per heavy atom. The summed E-state index contributed by atoms with van der Waals surface area (Å²) in [7, 11) is 0. The van der Waals surface area contributed by atoms with Gasteiger partial charge in [0.1, 0.15) is 11.9 Å². The molecule has 0 aliphatic heterocycles. The van der Waals surface area contributed by atoms with Gasteiger partial charge in [-0.2, -0.15) is 0 Å². The van der Waals surface area contributed by atoms with Gasteiger partial charge in [-0.15, -0.1) is 0 Å². The number of ether oxygens (including phenoxy) is 1. The van der Waals surface area contributed by atoms with E-state index in [0.29, 0.717) is 17.3 Å². The van der Waals surface area contributed by atoms with Crippen LogP contribution < -0.4 is 10.5 Å². The molecule has 0 saturated carbocycles. The lowest BCUT2D eigenvalue weighted by atomic mass is 10.0. The Kier molecular flexibility index (Phi) is 5.42. The molecule has 17 heavy (non-hydrogen) atoms. The van der Waals surface area contributed by atoms with E-state index in [9.17, 15) is 0 Å². The van der Waals surface area contributed by atoms with Crippen LogP contribution in [0.2, 0.25) is 0 Å². The smallest absolute Gasteiger partial charge is 0.120 e. The van der Waals surface area contributed by atoms with E-state index in [4.69, 9.17) is 22.7 Å². The Morgan fingerprint density at radius 3 is 2.65 bits per heavy atom. The highest BCUT2D eigenvalue weighted by Crippen LogP contribution is 2.22. The predicted octanol–water partition coefficient (Wildman–Crippen LogP) is 3.64. The van der Waals surface area contributed by atoms with Gasteiger partial charge in [-0.3, -0.25) is 0 Å². The third-order valence-corrected chi connectivity index (χ3v) is 2.88. The second-order valence-corrected chi connectivity index (χ2v) is 5.07. The number of benzene rings is 1. The molecule has 1 atom stereocenters. The largest absolute Gasteiger partial charge is 0.490 e. The summed E-state index contributed by atoms with van der Waals surface area (Å²) in [5, 5.41) is 0. The Balaban J connectivity index is 2.72. The highest BCUT2D eigenvalue weighted by molar-refractivity contribution is 7.80. The molecule has 1 unspecified atom stereocenters. The van der Waals surface area contributed by atoms with Crippen molar-refractivity contribution in [3.8, 4) is 5.75 Å². The summed E-state index contributed by atoms with van der Waals surface area (Å²) in [5.74, 6) is 1.41. The van der Waals surface area contributed by atoms with Crippen LogP contribution in [-0.4, -0.2) is 11.1 Å². The summed E-state index contributed by atoms with van der Waals surface area (Å²) < 4.78 is 5.90. The van der Waals surface area contributed by atoms with E-state index in [0.717, 1.165) is 12.2 Å². The standard InChI is InChI=1S/C14H21NOS/c1-4-12(9-14(15)17)16-13-7-5-6-11(8-13)10(2)3/h5-8,10,12H,4,9H2,1-3H3,(H2,15,17). The van der Waals surface area contributed by atoms with E-state index in [1.54, 1.807) is 0 Å². The highest BCUT2D eigenvalue weighted by Gasteiger charge is 2.10. The van der Waals surface area contributed by atoms with Crippen molar-refractivity contribution in [1.82, 2.24) is 0 Å². The second-order valence-electron chi connectivity index (χ2n) is 4.55. The van der Waals surface area contributed by atoms with E-state index in [-0.39, 0.29) is 6.10 Å². The molecule has 0 bridgehead atoms. The summed E-state index contributed by atoms with van der Waals surface area (Å²) in [6.45, 7) is 6.42. The first-order valence-corrected chi connectivity index (χ1v) is 6.48. The molecule has 2 N–H and O–H groups in total. The molecular weight excluding hydrogens is 230 g/mol. The van der Waals surface area contributed by atoms with Gasteiger partial charge in [0, 0.05) is 6.42 Å². The van der Waals surface area contributed by atoms with Crippen LogP contribution in [-0.2, 0) is 0 Å². The topological polar surface area (TPSA) is 35.2 Å². The van der Waals surface area contributed by atoms with Crippen molar-refractivity contribution in [3.05, 3.63) is 29.8 Å². The fourth-order valence-corrected chi connectivity index (χ4v) is 1.82. The third kappa shape index (κ3) is 4.73. The maximum absolute atomic E-state index is 5.90. The van der Waals surface area contributed by atoms with Gasteiger partial charge in [-0.25, -0.2) is 0 Å². The van der Waals surface area contributed by atoms with E-state index in [1.807, 2.05) is 12.1 Å². The molecule has 0 aromatic heterocycles. The quantitative estimate of drug-likeness (QED) is 0.784. The molecule has 3 heteroatoms. The zero-order chi connectivity index (χ0) is 12.8. The summed E-state index contributed by atoms with van der Waals surface area (Å²) in [4.78, 5) is 0.511. The summed E-state index contributed by atoms with van der Waals surface area (Å²) in [6.07, 6.45) is 1.62. The Bertz CT molecular complexity index is 376. The average Bonchev–Trinajstić information content (AvgIpc) is 2.28. The molecule has 1 rings (SSSR count). The number of nitrogens with two attached hydrogens (primary N) is 1. The van der Waals surface area contributed by atoms with Crippen LogP contribution in [0.3, 0.4) is 0 Å². The summed E-state index contributed by atoms with van der Waals surface area (Å²) >= 11 is 4.92. The van der Waals surface area contributed by atoms with Crippen LogP contribution in [0.25, 0.3) is 0 Å². The first-order valence-electron chi connectivity index (χ1n) is 6.07. The molecule has 0 amide bonds. The number of rotatable bonds is 6. The number of thiocarbonyl (C=S) groups is 1. The lowest BCUT2D eigenvalue weighted by molar-refractivity contribution is 0.205. The normalized spacial score (nSPS) is 12.5. The minimum atomic E-state index is 0.0786. The van der Waals surface area contributed by atoms with Crippen LogP contribution in [0.15, 0.2) is 24.3 Å². The first kappa shape index (κ1) is 14.0. The van der Waals surface area contributed by atoms with E-state index in [2.05, 4.69) is 32.9 Å². The third-order valence-electron chi connectivity index (χ3n) is 2.71. The van der Waals surface area contributed by atoms with Gasteiger partial charge >= 0.3 is 0 Å². The van der Waals surface area contributed by atoms with Crippen molar-refractivity contribution in [2.45, 2.75) is 45.6 Å². The lowest BCUT2D eigenvalue weighted by Crippen LogP contribution is -2.23. The van der Waals surface area contributed by atoms with Crippen molar-refractivity contribution in [2.24, 2.45) is 5.73 Å². The van der Waals surface area contributed by atoms with Crippen molar-refractivity contribution >= 4 is 17.2 Å². The van der Waals surface area contributed by atoms with Gasteiger partial charge in [0.2, 0.25) is 0 Å². The fraction of sp³-hybridized carbons (Fsp3) is 0.500. The molecule has 2 nitrogen and oxygen atoms in total. The maximum atomic E-state index is 5.90. The maximum Gasteiger partial charge on any atom is 0.120 e. The number of hydrogen-bond donors (Lipinski definition) is 1. The molecule has 94 valence electrons. The van der Waals surface area contributed by atoms with Crippen LogP contribution >= 0.6 is 12.2 Å². The average molecular weight is 251 g/mol. The fourth-order valence-electron chi connectivity index (χ4n) is 1.63. The van der Waals surface area contributed by atoms with Gasteiger partial charge in [0.15, 0.2) is 0 Å². The number of hydrogen-bond acceptors (Lipinski definition) is 2. The van der Waals surface area contributed by atoms with Crippen LogP contribution in [0.5, 0.6) is 5.75 Å². The van der Waals surface area contributed by atoms with E-state index < -0.39 is 0 Å². The van der Waals surface area contributed by atoms with Crippen molar-refractivity contribution in [3.63, 3.8) is 0 Å². The molecule has 0 aliphatic rings. The second kappa shape index (κ2) is 6.60. The SMILES string of the molecule is CCC(CC(N)=S)Oc1cccc(C(C)C)c1. The van der Waals surface area contributed by atoms with Gasteiger partial charge in [-0.05, 0) is 30.0 Å². The summed E-state index contributed by atoms with van der Waals surface area (Å²) in [5.41, 5.74) is 6.84. The van der Waals surface area contributed by atoms with Gasteiger partial charge in [0.25, 0.3) is 0 Å². The molecule has 1 aromatic rings. The molecule has 0 aliphatic carbocycles. The Labute approximate surface area is 109 Å². The molecule has 0 fully saturated rings. The molecular formula is C14H21NOS. The monoisotopic (exact) mass is 251 g/mol. The lowest BCUT2D eigenvalue weighted by Gasteiger charge is -2.18. The van der Waals surface area contributed by atoms with E-state index >= 15 is 0 Å². The van der Waals surface area contributed by atoms with Gasteiger partial charge in [0.05, 0.1) is 4.99 Å². The van der Waals surface area contributed by atoms with Gasteiger partial charge < -0.3 is 10.5 Å². The molecule has 0 radical (unpaired) electrons. The van der Waals surface area contributed by atoms with Crippen LogP contribution in [0, 0.1) is 0 Å². The predicted molar refractivity (Wildman–Crippen MR) is 76.6 cm³/mol. The highest BCUT2D eigenvalue weighted by atomic mass is 32.1. The Hall–Kier alpha value is -1.09. The zero-order valence-electron chi connectivity index (χ0n) is 10.8. The molecule has 0 spiro atoms. The summed E-state index contributed by atoms with van der Waals surface area (Å²) in [6, 6.07) is 8.21. The van der Waals surface area contributed by atoms with Crippen molar-refractivity contribution in [2.75, 3.05) is 0 Å². The van der Waals surface area contributed by atoms with Gasteiger partial charge in [-0.1, -0.05) is 45.1 Å². The van der Waals surface area contributed by atoms with Crippen LogP contribution in [0.1, 0.15) is 45.1 Å². The first-order chi connectivity index (χ1) is 8.02. The molecule has 0 heterocycles. The van der Waals surface area contributed by atoms with Crippen LogP contribution in [0.4, 0.5) is 0 Å². The van der Waals surface area contributed by atoms with E-state index in [1.165, 1.54) is 5.56 Å². The molecule has 0 saturated heterocycles. The minimum Gasteiger partial charge on any atom is -0.490 e. The van der Waals surface area contributed by atoms with Crippen molar-refractivity contribution in [1.29, 1.82) is 0 Å². The Morgan fingerprint density at radius 1 is 1.41 bits per heavy atom. The minimum absolute atomic E-state index is 0.0786. The molecule has 1 aromatic carbocycles. The van der Waals surface area contributed by atoms with Crippen molar-refractivity contribution < 1.29 is 4.74 Å². The zero-order valence-corrected chi connectivity index (χ0v) is 11.6.